The second-order valence-corrected chi connectivity index (χ2v) is 1.57. The number of nitrogens with zero attached hydrogens (tertiary/aromatic N) is 7. The summed E-state index contributed by atoms with van der Waals surface area (Å²) in [4.78, 5) is 57.8. The van der Waals surface area contributed by atoms with Crippen molar-refractivity contribution < 1.29 is 104 Å². The average molecular weight is 691 g/mol. The van der Waals surface area contributed by atoms with Crippen molar-refractivity contribution in [2.24, 2.45) is 0 Å². The van der Waals surface area contributed by atoms with E-state index in [2.05, 4.69) is 0 Å². The van der Waals surface area contributed by atoms with Crippen LogP contribution >= 0.6 is 0 Å². The maximum Gasteiger partial charge on any atom is 3.00 e. The zero-order chi connectivity index (χ0) is 25.0. The van der Waals surface area contributed by atoms with E-state index < -0.39 is 35.6 Å². The number of rotatable bonds is 0. The van der Waals surface area contributed by atoms with Gasteiger partial charge in [-0.3, -0.25) is 0 Å². The Morgan fingerprint density at radius 2 is 0.290 bits per heavy atom. The fourth-order valence-corrected chi connectivity index (χ4v) is 0. The summed E-state index contributed by atoms with van der Waals surface area (Å²) in [6, 6.07) is 0. The molecule has 0 atom stereocenters. The van der Waals surface area contributed by atoms with Crippen molar-refractivity contribution in [1.82, 2.24) is 0 Å². The Morgan fingerprint density at radius 1 is 0.290 bits per heavy atom. The van der Waals surface area contributed by atoms with E-state index in [4.69, 9.17) is 107 Å². The first-order chi connectivity index (χ1) is 12.1. The molecule has 0 rings (SSSR count). The summed E-state index contributed by atoms with van der Waals surface area (Å²) in [6.07, 6.45) is 0. The van der Waals surface area contributed by atoms with E-state index in [1.807, 2.05) is 0 Å². The van der Waals surface area contributed by atoms with Crippen LogP contribution < -0.4 is 0 Å². The average Bonchev–Trinajstić information content (AvgIpc) is 2.20. The summed E-state index contributed by atoms with van der Waals surface area (Å²) < 4.78 is 0. The quantitative estimate of drug-likeness (QED) is 0.155. The predicted molar refractivity (Wildman–Crippen MR) is 72.5 cm³/mol. The van der Waals surface area contributed by atoms with Crippen LogP contribution in [0.1, 0.15) is 0 Å². The van der Waals surface area contributed by atoms with Crippen molar-refractivity contribution in [3.63, 3.8) is 0 Å². The van der Waals surface area contributed by atoms with E-state index in [1.54, 1.807) is 0 Å². The summed E-state index contributed by atoms with van der Waals surface area (Å²) in [7, 11) is 0. The van der Waals surface area contributed by atoms with Crippen LogP contribution in [0.15, 0.2) is 0 Å². The SMILES string of the molecule is O=[N+]([O-])[O-].O=[N+]([O-])[O-].O=[N+]([O-])[O-].O=[N+]([O-])[O-].O=[N+]([O-])[O-].O=[N+]([O-])[O-].O=[N+]([O-])[O-].[Co+2].[La+3].[Ni+2]. The molecule has 183 valence electrons. The molecule has 0 aromatic heterocycles. The van der Waals surface area contributed by atoms with E-state index >= 15 is 0 Å². The summed E-state index contributed by atoms with van der Waals surface area (Å²) in [5.74, 6) is 0. The van der Waals surface area contributed by atoms with Gasteiger partial charge in [0.05, 0.1) is 35.6 Å². The van der Waals surface area contributed by atoms with Crippen LogP contribution in [-0.4, -0.2) is 35.6 Å². The molecule has 0 heterocycles. The largest absolute Gasteiger partial charge is 3.00 e. The molecule has 31 heavy (non-hydrogen) atoms. The first-order valence-corrected chi connectivity index (χ1v) is 3.83. The van der Waals surface area contributed by atoms with Gasteiger partial charge in [-0.15, -0.1) is 0 Å². The molecule has 0 saturated heterocycles. The maximum absolute atomic E-state index is 8.25. The molecule has 0 unspecified atom stereocenters. The van der Waals surface area contributed by atoms with E-state index in [9.17, 15) is 0 Å². The van der Waals surface area contributed by atoms with Gasteiger partial charge in [0.15, 0.2) is 0 Å². The monoisotopic (exact) mass is 690 g/mol. The summed E-state index contributed by atoms with van der Waals surface area (Å²) >= 11 is 0. The van der Waals surface area contributed by atoms with Crippen molar-refractivity contribution in [1.29, 1.82) is 0 Å². The Balaban J connectivity index is -0.0000000204. The molecular weight excluding hydrogens is 691 g/mol. The van der Waals surface area contributed by atoms with Crippen LogP contribution in [0.25, 0.3) is 0 Å². The third-order valence-electron chi connectivity index (χ3n) is 0. The molecule has 28 nitrogen and oxygen atoms in total. The zero-order valence-corrected chi connectivity index (χ0v) is 18.6. The first kappa shape index (κ1) is 63.0. The molecule has 0 saturated carbocycles. The number of hydrogen-bond acceptors (Lipinski definition) is 21. The molecule has 0 spiro atoms. The van der Waals surface area contributed by atoms with Crippen LogP contribution in [0.3, 0.4) is 0 Å². The predicted octanol–water partition coefficient (Wildman–Crippen LogP) is -1.68. The van der Waals surface area contributed by atoms with E-state index in [0.29, 0.717) is 0 Å². The van der Waals surface area contributed by atoms with E-state index in [0.717, 1.165) is 0 Å². The van der Waals surface area contributed by atoms with Crippen molar-refractivity contribution in [2.75, 3.05) is 0 Å². The minimum Gasteiger partial charge on any atom is -0.356 e. The summed E-state index contributed by atoms with van der Waals surface area (Å²) in [5.41, 5.74) is 0. The van der Waals surface area contributed by atoms with Crippen LogP contribution in [0.4, 0.5) is 0 Å². The Kier molecular flexibility index (Phi) is 114. The standard InChI is InChI=1S/Co.La.7NO3.Ni/c;;7*2-1(3)4;/q+2;+3;7*-1;+2. The van der Waals surface area contributed by atoms with Crippen molar-refractivity contribution in [2.45, 2.75) is 0 Å². The molecule has 0 N–H and O–H groups in total. The third-order valence-corrected chi connectivity index (χ3v) is 0. The minimum atomic E-state index is -1.75. The molecule has 0 aliphatic rings. The second kappa shape index (κ2) is 56.3. The van der Waals surface area contributed by atoms with Gasteiger partial charge in [0.1, 0.15) is 0 Å². The van der Waals surface area contributed by atoms with Crippen LogP contribution in [-0.2, 0) is 33.3 Å². The molecule has 0 amide bonds. The van der Waals surface area contributed by atoms with Gasteiger partial charge in [-0.05, 0) is 0 Å². The summed E-state index contributed by atoms with van der Waals surface area (Å²) in [6.45, 7) is 0. The van der Waals surface area contributed by atoms with Gasteiger partial charge in [-0.1, -0.05) is 0 Å². The smallest absolute Gasteiger partial charge is 0.356 e. The van der Waals surface area contributed by atoms with E-state index in [1.165, 1.54) is 0 Å². The maximum atomic E-state index is 8.25. The van der Waals surface area contributed by atoms with Crippen molar-refractivity contribution in [3.05, 3.63) is 107 Å². The number of hydrogen-bond donors (Lipinski definition) is 0. The Labute approximate surface area is 211 Å². The van der Waals surface area contributed by atoms with Gasteiger partial charge in [0, 0.05) is 0 Å². The fraction of sp³-hybridized carbons (Fsp3) is 0. The van der Waals surface area contributed by atoms with Gasteiger partial charge in [0.25, 0.3) is 0 Å². The van der Waals surface area contributed by atoms with Crippen LogP contribution in [0, 0.1) is 143 Å². The molecule has 0 aliphatic heterocycles. The third kappa shape index (κ3) is 1390. The van der Waals surface area contributed by atoms with Crippen molar-refractivity contribution in [3.8, 4) is 0 Å². The normalized spacial score (nSPS) is 5.42. The van der Waals surface area contributed by atoms with Gasteiger partial charge >= 0.3 is 68.9 Å². The van der Waals surface area contributed by atoms with Gasteiger partial charge in [-0.2, -0.15) is 0 Å². The van der Waals surface area contributed by atoms with Gasteiger partial charge in [0.2, 0.25) is 0 Å². The van der Waals surface area contributed by atoms with Gasteiger partial charge < -0.3 is 107 Å². The van der Waals surface area contributed by atoms with E-state index in [-0.39, 0.29) is 68.9 Å². The van der Waals surface area contributed by atoms with Crippen molar-refractivity contribution >= 4 is 0 Å². The molecule has 31 heteroatoms. The Hall–Kier alpha value is -3.41. The Morgan fingerprint density at radius 3 is 0.290 bits per heavy atom. The molecule has 0 bridgehead atoms. The van der Waals surface area contributed by atoms with Crippen LogP contribution in [0.2, 0.25) is 0 Å². The molecule has 0 aliphatic carbocycles. The minimum absolute atomic E-state index is 0. The fourth-order valence-electron chi connectivity index (χ4n) is 0. The molecule has 0 aromatic carbocycles. The molecule has 1 radical (unpaired) electrons. The molecule has 0 aromatic rings. The Bertz CT molecular complexity index is 321. The second-order valence-electron chi connectivity index (χ2n) is 1.57. The molecular formula is CoLaN7NiO21. The molecule has 0 fully saturated rings. The topological polar surface area (TPSA) is 463 Å². The first-order valence-electron chi connectivity index (χ1n) is 3.83. The van der Waals surface area contributed by atoms with Gasteiger partial charge in [-0.25, -0.2) is 0 Å². The van der Waals surface area contributed by atoms with Crippen LogP contribution in [0.5, 0.6) is 0 Å². The summed E-state index contributed by atoms with van der Waals surface area (Å²) in [5, 5.41) is 103. The zero-order valence-electron chi connectivity index (χ0n) is 12.9.